The topological polar surface area (TPSA) is 16.3 Å². The zero-order chi connectivity index (χ0) is 68.0. The first-order valence-electron chi connectivity index (χ1n) is 35.4. The first kappa shape index (κ1) is 61.7. The van der Waals surface area contributed by atoms with Crippen molar-refractivity contribution in [2.24, 2.45) is 0 Å². The van der Waals surface area contributed by atoms with Crippen LogP contribution in [0.15, 0.2) is 285 Å². The van der Waals surface area contributed by atoms with Crippen LogP contribution in [0.3, 0.4) is 0 Å². The standard InChI is InChI=1S/C94H83BN4/c1-91(2,3)64-52-62(53-65(58-64)92(4,5)6)70-32-15-23-40-80(70)98-86-50-48-60(68-30-13-21-38-78(68)96-82-42-25-17-34-72(82)73-35-18-26-43-83(73)96)56-76(86)95-77-57-61(69-31-14-22-39-79(69)97-84-44-27-19-36-74(84)75-37-20-28-45-85(75)97)49-51-87(77)99(89-47-29-46-88(98)90(89)95)81-41-24-16-33-71(81)63-54-66(93(7,8)9)59-67(55-63)94(10,11)12/h13-59H,1-12H3. The molecule has 4 nitrogen and oxygen atoms in total. The molecular formula is C94H83BN4. The van der Waals surface area contributed by atoms with Gasteiger partial charge in [-0.25, -0.2) is 0 Å². The van der Waals surface area contributed by atoms with E-state index in [1.807, 2.05) is 0 Å². The van der Waals surface area contributed by atoms with Crippen molar-refractivity contribution < 1.29 is 0 Å². The molecule has 2 aliphatic heterocycles. The number of hydrogen-bond acceptors (Lipinski definition) is 2. The molecular weight excluding hydrogens is 1200 g/mol. The molecule has 0 spiro atoms. The zero-order valence-electron chi connectivity index (χ0n) is 59.0. The second kappa shape index (κ2) is 22.9. The van der Waals surface area contributed by atoms with Crippen LogP contribution in [0.2, 0.25) is 0 Å². The van der Waals surface area contributed by atoms with Gasteiger partial charge in [-0.3, -0.25) is 0 Å². The molecule has 0 amide bonds. The highest BCUT2D eigenvalue weighted by Crippen LogP contribution is 2.51. The van der Waals surface area contributed by atoms with Crippen molar-refractivity contribution in [1.82, 2.24) is 9.13 Å². The largest absolute Gasteiger partial charge is 0.311 e. The summed E-state index contributed by atoms with van der Waals surface area (Å²) in [6, 6.07) is 109. The van der Waals surface area contributed by atoms with Gasteiger partial charge in [0.25, 0.3) is 6.71 Å². The number of fused-ring (bicyclic) bond motifs is 10. The lowest BCUT2D eigenvalue weighted by Crippen LogP contribution is -2.61. The van der Waals surface area contributed by atoms with E-state index < -0.39 is 0 Å². The molecule has 4 heterocycles. The third-order valence-corrected chi connectivity index (χ3v) is 21.3. The fraction of sp³-hybridized carbons (Fsp3) is 0.170. The SMILES string of the molecule is CC(C)(C)c1cc(-c2ccccc2N2c3ccc(-c4ccccc4-n4c5ccccc5c5ccccc54)cc3B3c4cc(-c5ccccc5-n5c6ccccc6c6ccccc65)ccc4N(c4ccccc4-c4cc(C(C)(C)C)cc(C(C)(C)C)c4)c4cccc2c43)cc(C(C)(C)C)c1. The summed E-state index contributed by atoms with van der Waals surface area (Å²) in [5, 5.41) is 4.97. The summed E-state index contributed by atoms with van der Waals surface area (Å²) in [6.07, 6.45) is 0. The third-order valence-electron chi connectivity index (χ3n) is 21.3. The lowest BCUT2D eigenvalue weighted by Gasteiger charge is -2.45. The highest BCUT2D eigenvalue weighted by atomic mass is 15.2. The number of anilines is 6. The number of para-hydroxylation sites is 8. The van der Waals surface area contributed by atoms with Crippen LogP contribution < -0.4 is 26.2 Å². The molecule has 0 unspecified atom stereocenters. The third kappa shape index (κ3) is 10.2. The van der Waals surface area contributed by atoms with Gasteiger partial charge in [-0.05, 0) is 155 Å². The predicted octanol–water partition coefficient (Wildman–Crippen LogP) is 23.8. The van der Waals surface area contributed by atoms with Crippen LogP contribution in [0.25, 0.3) is 99.5 Å². The molecule has 13 aromatic carbocycles. The monoisotopic (exact) mass is 1280 g/mol. The van der Waals surface area contributed by atoms with Crippen LogP contribution in [-0.4, -0.2) is 15.8 Å². The number of benzene rings is 13. The van der Waals surface area contributed by atoms with E-state index in [9.17, 15) is 0 Å². The lowest BCUT2D eigenvalue weighted by atomic mass is 9.33. The van der Waals surface area contributed by atoms with Gasteiger partial charge in [0.1, 0.15) is 0 Å². The molecule has 15 aromatic rings. The van der Waals surface area contributed by atoms with E-state index in [2.05, 4.69) is 387 Å². The average Bonchev–Trinajstić information content (AvgIpc) is 1.44. The Labute approximate surface area is 584 Å². The quantitative estimate of drug-likeness (QED) is 0.141. The Kier molecular flexibility index (Phi) is 14.2. The summed E-state index contributed by atoms with van der Waals surface area (Å²) >= 11 is 0. The maximum Gasteiger partial charge on any atom is 0.252 e. The molecule has 2 aromatic heterocycles. The molecule has 0 saturated heterocycles. The van der Waals surface area contributed by atoms with Crippen molar-refractivity contribution in [3.8, 4) is 55.9 Å². The molecule has 5 heteroatoms. The van der Waals surface area contributed by atoms with Crippen molar-refractivity contribution in [3.05, 3.63) is 307 Å². The maximum absolute atomic E-state index is 2.63. The van der Waals surface area contributed by atoms with Gasteiger partial charge in [-0.2, -0.15) is 0 Å². The van der Waals surface area contributed by atoms with Crippen molar-refractivity contribution >= 4 is 101 Å². The highest BCUT2D eigenvalue weighted by Gasteiger charge is 2.45. The summed E-state index contributed by atoms with van der Waals surface area (Å²) in [7, 11) is 0. The lowest BCUT2D eigenvalue weighted by molar-refractivity contribution is 0.568. The summed E-state index contributed by atoms with van der Waals surface area (Å²) < 4.78 is 4.97. The number of nitrogens with zero attached hydrogens (tertiary/aromatic N) is 4. The van der Waals surface area contributed by atoms with Crippen LogP contribution in [0.1, 0.15) is 105 Å². The van der Waals surface area contributed by atoms with E-state index in [1.165, 1.54) is 116 Å². The molecule has 0 atom stereocenters. The molecule has 0 saturated carbocycles. The maximum atomic E-state index is 2.63. The minimum Gasteiger partial charge on any atom is -0.311 e. The van der Waals surface area contributed by atoms with Gasteiger partial charge in [0.2, 0.25) is 0 Å². The van der Waals surface area contributed by atoms with Gasteiger partial charge in [0.15, 0.2) is 0 Å². The summed E-state index contributed by atoms with van der Waals surface area (Å²) in [5.41, 5.74) is 32.1. The van der Waals surface area contributed by atoms with E-state index in [4.69, 9.17) is 0 Å². The Morgan fingerprint density at radius 2 is 0.495 bits per heavy atom. The van der Waals surface area contributed by atoms with E-state index in [-0.39, 0.29) is 28.4 Å². The van der Waals surface area contributed by atoms with Gasteiger partial charge < -0.3 is 18.9 Å². The second-order valence-corrected chi connectivity index (χ2v) is 31.8. The van der Waals surface area contributed by atoms with Crippen molar-refractivity contribution in [1.29, 1.82) is 0 Å². The fourth-order valence-corrected chi connectivity index (χ4v) is 16.1. The molecule has 0 aliphatic carbocycles. The number of hydrogen-bond donors (Lipinski definition) is 0. The Bertz CT molecular complexity index is 5250. The first-order chi connectivity index (χ1) is 47.7. The molecule has 482 valence electrons. The molecule has 17 rings (SSSR count). The molecule has 99 heavy (non-hydrogen) atoms. The van der Waals surface area contributed by atoms with E-state index in [1.54, 1.807) is 0 Å². The van der Waals surface area contributed by atoms with Crippen LogP contribution in [0, 0.1) is 0 Å². The summed E-state index contributed by atoms with van der Waals surface area (Å²) in [5.74, 6) is 0. The van der Waals surface area contributed by atoms with Gasteiger partial charge in [-0.1, -0.05) is 295 Å². The Morgan fingerprint density at radius 1 is 0.222 bits per heavy atom. The van der Waals surface area contributed by atoms with Crippen LogP contribution in [-0.2, 0) is 21.7 Å². The van der Waals surface area contributed by atoms with Gasteiger partial charge in [0, 0.05) is 66.5 Å². The van der Waals surface area contributed by atoms with Gasteiger partial charge in [0.05, 0.1) is 44.8 Å². The minimum absolute atomic E-state index is 0.0847. The molecule has 0 bridgehead atoms. The normalized spacial score (nSPS) is 13.2. The minimum atomic E-state index is -0.220. The van der Waals surface area contributed by atoms with Crippen LogP contribution in [0.5, 0.6) is 0 Å². The zero-order valence-corrected chi connectivity index (χ0v) is 59.0. The predicted molar refractivity (Wildman–Crippen MR) is 426 cm³/mol. The second-order valence-electron chi connectivity index (χ2n) is 31.8. The van der Waals surface area contributed by atoms with Crippen molar-refractivity contribution in [3.63, 3.8) is 0 Å². The van der Waals surface area contributed by atoms with E-state index in [0.717, 1.165) is 56.6 Å². The van der Waals surface area contributed by atoms with Crippen LogP contribution >= 0.6 is 0 Å². The summed E-state index contributed by atoms with van der Waals surface area (Å²) in [6.45, 7) is 27.9. The van der Waals surface area contributed by atoms with Crippen molar-refractivity contribution in [2.75, 3.05) is 9.80 Å². The van der Waals surface area contributed by atoms with Gasteiger partial charge in [-0.15, -0.1) is 0 Å². The van der Waals surface area contributed by atoms with Crippen LogP contribution in [0.4, 0.5) is 34.1 Å². The molecule has 0 fully saturated rings. The number of rotatable bonds is 8. The first-order valence-corrected chi connectivity index (χ1v) is 35.4. The average molecular weight is 1280 g/mol. The van der Waals surface area contributed by atoms with Crippen molar-refractivity contribution in [2.45, 2.75) is 105 Å². The van der Waals surface area contributed by atoms with E-state index in [0.29, 0.717) is 0 Å². The Hall–Kier alpha value is -10.9. The smallest absolute Gasteiger partial charge is 0.252 e. The fourth-order valence-electron chi connectivity index (χ4n) is 16.1. The molecule has 2 aliphatic rings. The Morgan fingerprint density at radius 3 is 0.818 bits per heavy atom. The Balaban J connectivity index is 0.972. The molecule has 0 N–H and O–H groups in total. The van der Waals surface area contributed by atoms with E-state index >= 15 is 0 Å². The van der Waals surface area contributed by atoms with Gasteiger partial charge >= 0.3 is 0 Å². The molecule has 0 radical (unpaired) electrons. The number of aromatic nitrogens is 2. The highest BCUT2D eigenvalue weighted by molar-refractivity contribution is 7.00. The summed E-state index contributed by atoms with van der Waals surface area (Å²) in [4.78, 5) is 5.25.